The molecule has 0 amide bonds. The van der Waals surface area contributed by atoms with Gasteiger partial charge < -0.3 is 4.98 Å². The van der Waals surface area contributed by atoms with E-state index >= 15 is 0 Å². The predicted octanol–water partition coefficient (Wildman–Crippen LogP) is 7.36. The first-order valence-electron chi connectivity index (χ1n) is 9.60. The molecular weight excluding hydrogens is 545 g/mol. The van der Waals surface area contributed by atoms with Crippen molar-refractivity contribution in [3.8, 4) is 33.5 Å². The molecule has 0 bridgehead atoms. The topological polar surface area (TPSA) is 17.2 Å². The van der Waals surface area contributed by atoms with Crippen LogP contribution in [0.15, 0.2) is 72.9 Å². The SMILES string of the molecule is [C-]#[N+]c1ccc(C)c(-c2cnc(-c3[c-]cc(C)c(-c4ccccc4)c3)cc2C)c1.[Ir]. The van der Waals surface area contributed by atoms with Crippen LogP contribution in [0.1, 0.15) is 16.7 Å². The molecule has 0 saturated carbocycles. The fraction of sp³-hybridized carbons (Fsp3) is 0.111. The molecule has 30 heavy (non-hydrogen) atoms. The van der Waals surface area contributed by atoms with Gasteiger partial charge in [0.1, 0.15) is 0 Å². The minimum absolute atomic E-state index is 0. The Morgan fingerprint density at radius 2 is 1.57 bits per heavy atom. The maximum absolute atomic E-state index is 7.29. The molecule has 1 aromatic heterocycles. The third-order valence-electron chi connectivity index (χ3n) is 5.27. The van der Waals surface area contributed by atoms with Crippen molar-refractivity contribution in [3.63, 3.8) is 0 Å². The van der Waals surface area contributed by atoms with Crippen LogP contribution in [0.5, 0.6) is 0 Å². The smallest absolute Gasteiger partial charge is 0.187 e. The van der Waals surface area contributed by atoms with Gasteiger partial charge in [-0.25, -0.2) is 4.85 Å². The van der Waals surface area contributed by atoms with E-state index in [2.05, 4.69) is 68.1 Å². The Morgan fingerprint density at radius 1 is 0.800 bits per heavy atom. The Balaban J connectivity index is 0.00000256. The number of aromatic nitrogens is 1. The summed E-state index contributed by atoms with van der Waals surface area (Å²) in [7, 11) is 0. The van der Waals surface area contributed by atoms with Gasteiger partial charge in [-0.15, -0.1) is 29.3 Å². The van der Waals surface area contributed by atoms with Gasteiger partial charge in [-0.3, -0.25) is 0 Å². The molecule has 0 atom stereocenters. The van der Waals surface area contributed by atoms with Crippen LogP contribution in [0.25, 0.3) is 38.4 Å². The van der Waals surface area contributed by atoms with Crippen LogP contribution in [0.4, 0.5) is 5.69 Å². The number of rotatable bonds is 3. The van der Waals surface area contributed by atoms with Crippen LogP contribution < -0.4 is 0 Å². The van der Waals surface area contributed by atoms with E-state index in [1.165, 1.54) is 16.7 Å². The summed E-state index contributed by atoms with van der Waals surface area (Å²) in [6.45, 7) is 13.6. The second-order valence-electron chi connectivity index (χ2n) is 7.30. The molecule has 4 rings (SSSR count). The largest absolute Gasteiger partial charge is 0.304 e. The third-order valence-corrected chi connectivity index (χ3v) is 5.27. The maximum Gasteiger partial charge on any atom is 0.187 e. The van der Waals surface area contributed by atoms with Gasteiger partial charge in [0.05, 0.1) is 6.57 Å². The van der Waals surface area contributed by atoms with Gasteiger partial charge in [-0.1, -0.05) is 61.0 Å². The van der Waals surface area contributed by atoms with Crippen molar-refractivity contribution in [2.24, 2.45) is 0 Å². The Morgan fingerprint density at radius 3 is 2.27 bits per heavy atom. The van der Waals surface area contributed by atoms with Crippen molar-refractivity contribution < 1.29 is 20.1 Å². The summed E-state index contributed by atoms with van der Waals surface area (Å²) in [4.78, 5) is 8.30. The van der Waals surface area contributed by atoms with Crippen LogP contribution in [0.3, 0.4) is 0 Å². The Kier molecular flexibility index (Phi) is 6.63. The average Bonchev–Trinajstić information content (AvgIpc) is 2.75. The quantitative estimate of drug-likeness (QED) is 0.237. The van der Waals surface area contributed by atoms with Crippen LogP contribution in [0.2, 0.25) is 0 Å². The second-order valence-corrected chi connectivity index (χ2v) is 7.30. The molecule has 0 N–H and O–H groups in total. The summed E-state index contributed by atoms with van der Waals surface area (Å²) in [5.74, 6) is 0. The van der Waals surface area contributed by atoms with Gasteiger partial charge in [0.25, 0.3) is 0 Å². The van der Waals surface area contributed by atoms with E-state index in [4.69, 9.17) is 11.6 Å². The average molecular weight is 566 g/mol. The zero-order valence-electron chi connectivity index (χ0n) is 17.2. The van der Waals surface area contributed by atoms with Gasteiger partial charge in [0.2, 0.25) is 0 Å². The molecule has 0 aliphatic rings. The summed E-state index contributed by atoms with van der Waals surface area (Å²) in [6, 6.07) is 25.9. The Labute approximate surface area is 191 Å². The number of aryl methyl sites for hydroxylation is 3. The van der Waals surface area contributed by atoms with Crippen LogP contribution >= 0.6 is 0 Å². The number of nitrogens with zero attached hydrogens (tertiary/aromatic N) is 2. The van der Waals surface area contributed by atoms with Crippen molar-refractivity contribution in [3.05, 3.63) is 107 Å². The van der Waals surface area contributed by atoms with Crippen molar-refractivity contribution in [1.82, 2.24) is 4.98 Å². The summed E-state index contributed by atoms with van der Waals surface area (Å²) >= 11 is 0. The van der Waals surface area contributed by atoms with Crippen molar-refractivity contribution in [2.45, 2.75) is 20.8 Å². The van der Waals surface area contributed by atoms with Gasteiger partial charge in [-0.2, -0.15) is 0 Å². The number of hydrogen-bond acceptors (Lipinski definition) is 1. The third kappa shape index (κ3) is 4.26. The Bertz CT molecular complexity index is 1240. The number of benzene rings is 3. The molecule has 0 spiro atoms. The van der Waals surface area contributed by atoms with Crippen LogP contribution in [-0.4, -0.2) is 4.98 Å². The molecule has 1 radical (unpaired) electrons. The first kappa shape index (κ1) is 21.7. The Hall–Kier alpha value is -3.05. The fourth-order valence-corrected chi connectivity index (χ4v) is 3.60. The number of pyridine rings is 1. The molecule has 149 valence electrons. The molecule has 3 heteroatoms. The van der Waals surface area contributed by atoms with Crippen LogP contribution in [0, 0.1) is 33.4 Å². The summed E-state index contributed by atoms with van der Waals surface area (Å²) in [6.07, 6.45) is 1.91. The fourth-order valence-electron chi connectivity index (χ4n) is 3.60. The summed E-state index contributed by atoms with van der Waals surface area (Å²) < 4.78 is 0. The van der Waals surface area contributed by atoms with Crippen molar-refractivity contribution >= 4 is 5.69 Å². The first-order chi connectivity index (χ1) is 14.1. The maximum atomic E-state index is 7.29. The van der Waals surface area contributed by atoms with Gasteiger partial charge >= 0.3 is 0 Å². The van der Waals surface area contributed by atoms with E-state index in [1.54, 1.807) is 0 Å². The molecular formula is C27H21IrN2-. The minimum Gasteiger partial charge on any atom is -0.304 e. The molecule has 0 unspecified atom stereocenters. The van der Waals surface area contributed by atoms with E-state index in [0.29, 0.717) is 5.69 Å². The standard InChI is InChI=1S/C27H21N2.Ir/c1-18-10-12-22(15-24(18)21-8-6-5-7-9-21)27-14-20(3)26(17-29-27)25-16-23(28-4)13-11-19(25)2;/h5-11,13-17H,1-3H3;/q-1;. The molecule has 1 heterocycles. The number of hydrogen-bond donors (Lipinski definition) is 0. The van der Waals surface area contributed by atoms with E-state index < -0.39 is 0 Å². The minimum atomic E-state index is 0. The normalized spacial score (nSPS) is 10.2. The molecule has 3 aromatic carbocycles. The molecule has 4 aromatic rings. The van der Waals surface area contributed by atoms with E-state index in [1.807, 2.05) is 36.5 Å². The van der Waals surface area contributed by atoms with Gasteiger partial charge in [0, 0.05) is 31.9 Å². The van der Waals surface area contributed by atoms with Gasteiger partial charge in [-0.05, 0) is 47.9 Å². The van der Waals surface area contributed by atoms with Crippen molar-refractivity contribution in [2.75, 3.05) is 0 Å². The molecule has 0 fully saturated rings. The summed E-state index contributed by atoms with van der Waals surface area (Å²) in [5, 5.41) is 0. The molecule has 0 aliphatic carbocycles. The zero-order valence-corrected chi connectivity index (χ0v) is 19.6. The van der Waals surface area contributed by atoms with Crippen LogP contribution in [-0.2, 0) is 20.1 Å². The first-order valence-corrected chi connectivity index (χ1v) is 9.60. The molecule has 0 saturated heterocycles. The molecule has 0 aliphatic heterocycles. The van der Waals surface area contributed by atoms with E-state index in [0.717, 1.165) is 33.5 Å². The second kappa shape index (κ2) is 9.18. The zero-order chi connectivity index (χ0) is 20.4. The van der Waals surface area contributed by atoms with E-state index in [-0.39, 0.29) is 20.1 Å². The molecule has 2 nitrogen and oxygen atoms in total. The monoisotopic (exact) mass is 566 g/mol. The van der Waals surface area contributed by atoms with E-state index in [9.17, 15) is 0 Å². The van der Waals surface area contributed by atoms with Crippen molar-refractivity contribution in [1.29, 1.82) is 0 Å². The van der Waals surface area contributed by atoms with Gasteiger partial charge in [0.15, 0.2) is 5.69 Å². The summed E-state index contributed by atoms with van der Waals surface area (Å²) in [5.41, 5.74) is 10.5. The predicted molar refractivity (Wildman–Crippen MR) is 120 cm³/mol.